The molecule has 0 aliphatic rings. The maximum absolute atomic E-state index is 12.6. The minimum Gasteiger partial charge on any atom is -0.360 e. The second-order valence-corrected chi connectivity index (χ2v) is 5.36. The van der Waals surface area contributed by atoms with Crippen LogP contribution in [0.25, 0.3) is 10.9 Å². The molecule has 0 amide bonds. The van der Waals surface area contributed by atoms with E-state index in [9.17, 15) is 4.79 Å². The Bertz CT molecular complexity index is 883. The number of nitrogens with zero attached hydrogens (tertiary/aromatic N) is 1. The van der Waals surface area contributed by atoms with E-state index in [4.69, 9.17) is 16.9 Å². The van der Waals surface area contributed by atoms with Crippen LogP contribution in [0.2, 0.25) is 5.02 Å². The van der Waals surface area contributed by atoms with E-state index < -0.39 is 0 Å². The summed E-state index contributed by atoms with van der Waals surface area (Å²) < 4.78 is 0. The summed E-state index contributed by atoms with van der Waals surface area (Å²) in [4.78, 5) is 15.7. The highest BCUT2D eigenvalue weighted by Gasteiger charge is 2.15. The number of H-pyrrole nitrogens is 1. The monoisotopic (exact) mass is 294 g/mol. The second kappa shape index (κ2) is 5.08. The summed E-state index contributed by atoms with van der Waals surface area (Å²) in [5, 5.41) is 10.3. The van der Waals surface area contributed by atoms with Gasteiger partial charge in [0.05, 0.1) is 11.6 Å². The molecule has 4 heteroatoms. The zero-order valence-corrected chi connectivity index (χ0v) is 12.0. The number of aromatic amines is 1. The molecule has 0 saturated heterocycles. The number of nitriles is 1. The van der Waals surface area contributed by atoms with Crippen molar-refractivity contribution in [2.45, 2.75) is 6.92 Å². The topological polar surface area (TPSA) is 56.6 Å². The molecule has 3 nitrogen and oxygen atoms in total. The number of nitrogens with one attached hydrogen (secondary N) is 1. The molecule has 0 aliphatic heterocycles. The Kier molecular flexibility index (Phi) is 3.25. The van der Waals surface area contributed by atoms with E-state index in [0.717, 1.165) is 16.5 Å². The van der Waals surface area contributed by atoms with Gasteiger partial charge in [-0.25, -0.2) is 0 Å². The largest absolute Gasteiger partial charge is 0.360 e. The molecule has 0 bridgehead atoms. The number of hydrogen-bond acceptors (Lipinski definition) is 2. The molecule has 0 spiro atoms. The average Bonchev–Trinajstić information content (AvgIpc) is 2.88. The Hall–Kier alpha value is -2.57. The van der Waals surface area contributed by atoms with Crippen LogP contribution >= 0.6 is 11.6 Å². The van der Waals surface area contributed by atoms with Gasteiger partial charge in [0.15, 0.2) is 5.78 Å². The molecule has 0 aliphatic carbocycles. The van der Waals surface area contributed by atoms with E-state index in [1.807, 2.05) is 19.1 Å². The smallest absolute Gasteiger partial charge is 0.195 e. The first kappa shape index (κ1) is 13.4. The van der Waals surface area contributed by atoms with Crippen LogP contribution in [-0.4, -0.2) is 10.8 Å². The zero-order valence-electron chi connectivity index (χ0n) is 11.3. The van der Waals surface area contributed by atoms with E-state index in [0.29, 0.717) is 21.7 Å². The zero-order chi connectivity index (χ0) is 15.0. The van der Waals surface area contributed by atoms with Gasteiger partial charge in [-0.15, -0.1) is 0 Å². The molecule has 3 aromatic rings. The van der Waals surface area contributed by atoms with Crippen molar-refractivity contribution < 1.29 is 4.79 Å². The maximum Gasteiger partial charge on any atom is 0.195 e. The van der Waals surface area contributed by atoms with Gasteiger partial charge >= 0.3 is 0 Å². The fraction of sp³-hybridized carbons (Fsp3) is 0.0588. The molecule has 1 aromatic heterocycles. The van der Waals surface area contributed by atoms with Crippen LogP contribution < -0.4 is 0 Å². The molecule has 0 radical (unpaired) electrons. The Balaban J connectivity index is 2.12. The average molecular weight is 295 g/mol. The molecular formula is C17H11ClN2O. The molecule has 2 aromatic carbocycles. The quantitative estimate of drug-likeness (QED) is 0.719. The number of carbonyl (C=O) groups excluding carboxylic acids is 1. The molecule has 21 heavy (non-hydrogen) atoms. The van der Waals surface area contributed by atoms with Gasteiger partial charge in [-0.2, -0.15) is 5.26 Å². The number of carbonyl (C=O) groups is 1. The summed E-state index contributed by atoms with van der Waals surface area (Å²) >= 11 is 6.02. The molecule has 0 fully saturated rings. The standard InChI is InChI=1S/C17H11ClN2O/c1-10-4-12(7-13(18)5-10)17(21)15-9-20-16-6-11(8-19)2-3-14(15)16/h2-7,9,20H,1H3. The third-order valence-corrected chi connectivity index (χ3v) is 3.58. The number of hydrogen-bond donors (Lipinski definition) is 1. The normalized spacial score (nSPS) is 10.5. The Morgan fingerprint density at radius 1 is 1.24 bits per heavy atom. The number of ketones is 1. The van der Waals surface area contributed by atoms with E-state index in [-0.39, 0.29) is 5.78 Å². The fourth-order valence-electron chi connectivity index (χ4n) is 2.41. The lowest BCUT2D eigenvalue weighted by molar-refractivity contribution is 0.104. The van der Waals surface area contributed by atoms with Gasteiger partial charge in [-0.05, 0) is 42.8 Å². The van der Waals surface area contributed by atoms with Crippen LogP contribution in [-0.2, 0) is 0 Å². The van der Waals surface area contributed by atoms with Crippen molar-refractivity contribution in [1.29, 1.82) is 5.26 Å². The summed E-state index contributed by atoms with van der Waals surface area (Å²) in [7, 11) is 0. The highest BCUT2D eigenvalue weighted by atomic mass is 35.5. The fourth-order valence-corrected chi connectivity index (χ4v) is 2.70. The van der Waals surface area contributed by atoms with Gasteiger partial charge in [0.2, 0.25) is 0 Å². The van der Waals surface area contributed by atoms with E-state index in [1.165, 1.54) is 0 Å². The molecule has 0 atom stereocenters. The molecule has 0 saturated carbocycles. The summed E-state index contributed by atoms with van der Waals surface area (Å²) in [5.41, 5.74) is 3.41. The molecular weight excluding hydrogens is 284 g/mol. The van der Waals surface area contributed by atoms with Crippen LogP contribution in [0.4, 0.5) is 0 Å². The van der Waals surface area contributed by atoms with Crippen LogP contribution in [0.15, 0.2) is 42.6 Å². The van der Waals surface area contributed by atoms with E-state index in [1.54, 1.807) is 30.5 Å². The minimum atomic E-state index is -0.0865. The molecule has 102 valence electrons. The first-order chi connectivity index (χ1) is 10.1. The van der Waals surface area contributed by atoms with Crippen molar-refractivity contribution in [1.82, 2.24) is 4.98 Å². The minimum absolute atomic E-state index is 0.0865. The maximum atomic E-state index is 12.6. The highest BCUT2D eigenvalue weighted by molar-refractivity contribution is 6.31. The van der Waals surface area contributed by atoms with Gasteiger partial charge in [0.25, 0.3) is 0 Å². The van der Waals surface area contributed by atoms with Gasteiger partial charge in [0, 0.05) is 33.2 Å². The Labute approximate surface area is 126 Å². The van der Waals surface area contributed by atoms with Crippen LogP contribution in [0.5, 0.6) is 0 Å². The first-order valence-electron chi connectivity index (χ1n) is 6.41. The lowest BCUT2D eigenvalue weighted by Crippen LogP contribution is -2.00. The predicted octanol–water partition coefficient (Wildman–Crippen LogP) is 4.23. The van der Waals surface area contributed by atoms with Crippen LogP contribution in [0.1, 0.15) is 27.0 Å². The van der Waals surface area contributed by atoms with Gasteiger partial charge in [-0.1, -0.05) is 17.7 Å². The summed E-state index contributed by atoms with van der Waals surface area (Å²) in [6, 6.07) is 12.6. The number of aryl methyl sites for hydroxylation is 1. The number of aromatic nitrogens is 1. The molecule has 1 N–H and O–H groups in total. The molecule has 1 heterocycles. The third-order valence-electron chi connectivity index (χ3n) is 3.36. The first-order valence-corrected chi connectivity index (χ1v) is 6.79. The lowest BCUT2D eigenvalue weighted by Gasteiger charge is -2.03. The van der Waals surface area contributed by atoms with Gasteiger partial charge < -0.3 is 4.98 Å². The summed E-state index contributed by atoms with van der Waals surface area (Å²) in [5.74, 6) is -0.0865. The van der Waals surface area contributed by atoms with Crippen molar-refractivity contribution in [3.05, 3.63) is 69.9 Å². The Morgan fingerprint density at radius 2 is 2.05 bits per heavy atom. The SMILES string of the molecule is Cc1cc(Cl)cc(C(=O)c2c[nH]c3cc(C#N)ccc23)c1. The van der Waals surface area contributed by atoms with Crippen molar-refractivity contribution in [3.63, 3.8) is 0 Å². The predicted molar refractivity (Wildman–Crippen MR) is 82.6 cm³/mol. The van der Waals surface area contributed by atoms with Crippen molar-refractivity contribution >= 4 is 28.3 Å². The number of halogens is 1. The lowest BCUT2D eigenvalue weighted by atomic mass is 10.0. The number of benzene rings is 2. The summed E-state index contributed by atoms with van der Waals surface area (Å²) in [6.45, 7) is 1.90. The van der Waals surface area contributed by atoms with E-state index >= 15 is 0 Å². The van der Waals surface area contributed by atoms with Crippen molar-refractivity contribution in [3.8, 4) is 6.07 Å². The number of fused-ring (bicyclic) bond motifs is 1. The Morgan fingerprint density at radius 3 is 2.76 bits per heavy atom. The van der Waals surface area contributed by atoms with E-state index in [2.05, 4.69) is 11.1 Å². The van der Waals surface area contributed by atoms with Crippen LogP contribution in [0.3, 0.4) is 0 Å². The number of rotatable bonds is 2. The highest BCUT2D eigenvalue weighted by Crippen LogP contribution is 2.24. The summed E-state index contributed by atoms with van der Waals surface area (Å²) in [6.07, 6.45) is 1.67. The van der Waals surface area contributed by atoms with Gasteiger partial charge in [-0.3, -0.25) is 4.79 Å². The van der Waals surface area contributed by atoms with Crippen molar-refractivity contribution in [2.24, 2.45) is 0 Å². The van der Waals surface area contributed by atoms with Crippen molar-refractivity contribution in [2.75, 3.05) is 0 Å². The second-order valence-electron chi connectivity index (χ2n) is 4.92. The third kappa shape index (κ3) is 2.42. The molecule has 0 unspecified atom stereocenters. The molecule has 3 rings (SSSR count). The van der Waals surface area contributed by atoms with Gasteiger partial charge in [0.1, 0.15) is 0 Å². The van der Waals surface area contributed by atoms with Crippen LogP contribution in [0, 0.1) is 18.3 Å².